The van der Waals surface area contributed by atoms with Gasteiger partial charge in [-0.25, -0.2) is 4.98 Å². The first-order valence-corrected chi connectivity index (χ1v) is 12.5. The van der Waals surface area contributed by atoms with Gasteiger partial charge in [-0.3, -0.25) is 19.5 Å². The van der Waals surface area contributed by atoms with E-state index < -0.39 is 4.92 Å². The van der Waals surface area contributed by atoms with Crippen LogP contribution in [0.1, 0.15) is 26.3 Å². The molecule has 1 heterocycles. The molecule has 0 saturated heterocycles. The van der Waals surface area contributed by atoms with Crippen molar-refractivity contribution in [2.45, 2.75) is 31.3 Å². The fourth-order valence-corrected chi connectivity index (χ4v) is 4.71. The molecule has 0 bridgehead atoms. The number of aromatic nitrogens is 2. The Bertz CT molecular complexity index is 1480. The Morgan fingerprint density at radius 3 is 2.46 bits per heavy atom. The number of ether oxygens (including phenoxy) is 2. The van der Waals surface area contributed by atoms with E-state index in [-0.39, 0.29) is 22.8 Å². The van der Waals surface area contributed by atoms with Crippen LogP contribution in [0.15, 0.2) is 65.8 Å². The number of nitrogens with zero attached hydrogens (tertiary/aromatic N) is 3. The van der Waals surface area contributed by atoms with Crippen LogP contribution in [0.4, 0.5) is 11.4 Å². The Kier molecular flexibility index (Phi) is 7.40. The number of non-ortho nitro benzene ring substituents is 1. The van der Waals surface area contributed by atoms with Gasteiger partial charge in [-0.05, 0) is 41.3 Å². The molecule has 0 unspecified atom stereocenters. The quantitative estimate of drug-likeness (QED) is 0.173. The molecule has 1 amide bonds. The number of anilines is 1. The maximum Gasteiger partial charge on any atom is 0.271 e. The molecule has 0 aliphatic rings. The van der Waals surface area contributed by atoms with Crippen molar-refractivity contribution in [2.24, 2.45) is 0 Å². The van der Waals surface area contributed by atoms with Gasteiger partial charge in [-0.1, -0.05) is 50.7 Å². The van der Waals surface area contributed by atoms with Gasteiger partial charge in [0.25, 0.3) is 5.69 Å². The molecule has 0 fully saturated rings. The molecule has 0 aliphatic heterocycles. The van der Waals surface area contributed by atoms with E-state index in [1.54, 1.807) is 20.3 Å². The monoisotopic (exact) mass is 520 g/mol. The van der Waals surface area contributed by atoms with Gasteiger partial charge >= 0.3 is 0 Å². The second kappa shape index (κ2) is 10.5. The van der Waals surface area contributed by atoms with E-state index in [2.05, 4.69) is 31.1 Å². The zero-order valence-electron chi connectivity index (χ0n) is 21.3. The summed E-state index contributed by atoms with van der Waals surface area (Å²) in [7, 11) is 3.13. The highest BCUT2D eigenvalue weighted by Gasteiger charge is 2.21. The lowest BCUT2D eigenvalue weighted by molar-refractivity contribution is -0.384. The number of amides is 1. The number of methoxy groups -OCH3 is 2. The van der Waals surface area contributed by atoms with Crippen LogP contribution in [0.5, 0.6) is 11.5 Å². The van der Waals surface area contributed by atoms with E-state index in [0.29, 0.717) is 39.1 Å². The molecule has 10 heteroatoms. The molecule has 3 aromatic carbocycles. The molecular formula is C27H28N4O5S. The lowest BCUT2D eigenvalue weighted by Crippen LogP contribution is -2.17. The largest absolute Gasteiger partial charge is 0.495 e. The van der Waals surface area contributed by atoms with Crippen molar-refractivity contribution in [1.82, 2.24) is 9.55 Å². The molecule has 4 rings (SSSR count). The molecule has 0 atom stereocenters. The van der Waals surface area contributed by atoms with Gasteiger partial charge in [-0.15, -0.1) is 0 Å². The summed E-state index contributed by atoms with van der Waals surface area (Å²) < 4.78 is 12.8. The SMILES string of the molecule is COc1ccc(C(C)(C)C)cc1NC(=O)CSc1nc2cc([N+](=O)[O-])ccc2n1-c1ccccc1OC. The van der Waals surface area contributed by atoms with E-state index >= 15 is 0 Å². The van der Waals surface area contributed by atoms with Gasteiger partial charge in [0.1, 0.15) is 11.5 Å². The third-order valence-corrected chi connectivity index (χ3v) is 6.75. The second-order valence-electron chi connectivity index (χ2n) is 9.33. The number of nitrogens with one attached hydrogen (secondary N) is 1. The highest BCUT2D eigenvalue weighted by molar-refractivity contribution is 7.99. The maximum absolute atomic E-state index is 13.0. The van der Waals surface area contributed by atoms with Gasteiger partial charge in [-0.2, -0.15) is 0 Å². The Morgan fingerprint density at radius 1 is 1.05 bits per heavy atom. The molecule has 1 aromatic heterocycles. The van der Waals surface area contributed by atoms with Crippen molar-refractivity contribution in [3.8, 4) is 17.2 Å². The van der Waals surface area contributed by atoms with E-state index in [0.717, 1.165) is 5.56 Å². The summed E-state index contributed by atoms with van der Waals surface area (Å²) in [5, 5.41) is 14.8. The zero-order valence-corrected chi connectivity index (χ0v) is 22.1. The normalized spacial score (nSPS) is 11.4. The minimum absolute atomic E-state index is 0.0581. The van der Waals surface area contributed by atoms with Gasteiger partial charge in [0.2, 0.25) is 5.91 Å². The average molecular weight is 521 g/mol. The van der Waals surface area contributed by atoms with Crippen LogP contribution in [-0.4, -0.2) is 40.4 Å². The number of nitro benzene ring substituents is 1. The fourth-order valence-electron chi connectivity index (χ4n) is 3.89. The number of para-hydroxylation sites is 2. The molecule has 0 saturated carbocycles. The van der Waals surface area contributed by atoms with E-state index in [1.165, 1.54) is 23.9 Å². The van der Waals surface area contributed by atoms with Crippen LogP contribution >= 0.6 is 11.8 Å². The Hall–Kier alpha value is -4.05. The Morgan fingerprint density at radius 2 is 1.78 bits per heavy atom. The number of imidazole rings is 1. The number of thioether (sulfide) groups is 1. The first-order chi connectivity index (χ1) is 17.6. The molecule has 0 radical (unpaired) electrons. The second-order valence-corrected chi connectivity index (χ2v) is 10.3. The number of rotatable bonds is 8. The average Bonchev–Trinajstić information content (AvgIpc) is 3.24. The minimum atomic E-state index is -0.457. The minimum Gasteiger partial charge on any atom is -0.495 e. The molecule has 192 valence electrons. The Balaban J connectivity index is 1.66. The summed E-state index contributed by atoms with van der Waals surface area (Å²) in [5.74, 6) is 0.998. The predicted molar refractivity (Wildman–Crippen MR) is 145 cm³/mol. The predicted octanol–water partition coefficient (Wildman–Crippen LogP) is 5.98. The molecule has 37 heavy (non-hydrogen) atoms. The number of hydrogen-bond donors (Lipinski definition) is 1. The Labute approximate surface area is 219 Å². The summed E-state index contributed by atoms with van der Waals surface area (Å²) in [6, 6.07) is 17.7. The van der Waals surface area contributed by atoms with Crippen molar-refractivity contribution in [3.05, 3.63) is 76.3 Å². The highest BCUT2D eigenvalue weighted by Crippen LogP contribution is 2.35. The van der Waals surface area contributed by atoms with Crippen molar-refractivity contribution >= 4 is 40.1 Å². The molecule has 4 aromatic rings. The zero-order chi connectivity index (χ0) is 26.7. The lowest BCUT2D eigenvalue weighted by Gasteiger charge is -2.21. The van der Waals surface area contributed by atoms with Crippen molar-refractivity contribution in [1.29, 1.82) is 0 Å². The van der Waals surface area contributed by atoms with Crippen LogP contribution in [-0.2, 0) is 10.2 Å². The van der Waals surface area contributed by atoms with Crippen LogP contribution in [0.3, 0.4) is 0 Å². The van der Waals surface area contributed by atoms with Gasteiger partial charge in [0.15, 0.2) is 5.16 Å². The summed E-state index contributed by atoms with van der Waals surface area (Å²) in [6.07, 6.45) is 0. The van der Waals surface area contributed by atoms with Gasteiger partial charge < -0.3 is 14.8 Å². The molecule has 1 N–H and O–H groups in total. The van der Waals surface area contributed by atoms with Crippen molar-refractivity contribution in [2.75, 3.05) is 25.3 Å². The highest BCUT2D eigenvalue weighted by atomic mass is 32.2. The van der Waals surface area contributed by atoms with Crippen LogP contribution < -0.4 is 14.8 Å². The molecule has 9 nitrogen and oxygen atoms in total. The summed E-state index contributed by atoms with van der Waals surface area (Å²) in [5.41, 5.74) is 3.33. The first kappa shape index (κ1) is 26.0. The number of carbonyl (C=O) groups excluding carboxylic acids is 1. The maximum atomic E-state index is 13.0. The standard InChI is InChI=1S/C27H28N4O5S/c1-27(2,3)17-10-13-23(35-4)20(14-17)28-25(32)16-37-26-29-19-15-18(31(33)34)11-12-21(19)30(26)22-8-6-7-9-24(22)36-5/h6-15H,16H2,1-5H3,(H,28,32). The van der Waals surface area contributed by atoms with Crippen molar-refractivity contribution in [3.63, 3.8) is 0 Å². The number of nitro groups is 1. The number of fused-ring (bicyclic) bond motifs is 1. The van der Waals surface area contributed by atoms with E-state index in [4.69, 9.17) is 9.47 Å². The fraction of sp³-hybridized carbons (Fsp3) is 0.259. The van der Waals surface area contributed by atoms with Crippen molar-refractivity contribution < 1.29 is 19.2 Å². The smallest absolute Gasteiger partial charge is 0.271 e. The number of carbonyl (C=O) groups is 1. The van der Waals surface area contributed by atoms with Gasteiger partial charge in [0.05, 0.1) is 47.3 Å². The van der Waals surface area contributed by atoms with Crippen LogP contribution in [0.2, 0.25) is 0 Å². The molecule has 0 aliphatic carbocycles. The first-order valence-electron chi connectivity index (χ1n) is 11.5. The van der Waals surface area contributed by atoms with E-state index in [1.807, 2.05) is 47.0 Å². The van der Waals surface area contributed by atoms with Crippen LogP contribution in [0, 0.1) is 10.1 Å². The third-order valence-electron chi connectivity index (χ3n) is 5.82. The summed E-state index contributed by atoms with van der Waals surface area (Å²) in [4.78, 5) is 28.5. The van der Waals surface area contributed by atoms with Crippen LogP contribution in [0.25, 0.3) is 16.7 Å². The summed E-state index contributed by atoms with van der Waals surface area (Å²) in [6.45, 7) is 6.30. The number of hydrogen-bond acceptors (Lipinski definition) is 7. The summed E-state index contributed by atoms with van der Waals surface area (Å²) >= 11 is 1.23. The molecule has 0 spiro atoms. The molecular weight excluding hydrogens is 492 g/mol. The van der Waals surface area contributed by atoms with Gasteiger partial charge in [0, 0.05) is 12.1 Å². The topological polar surface area (TPSA) is 109 Å². The number of benzene rings is 3. The lowest BCUT2D eigenvalue weighted by atomic mass is 9.87. The third kappa shape index (κ3) is 5.54. The van der Waals surface area contributed by atoms with E-state index in [9.17, 15) is 14.9 Å².